The molecule has 2 N–H and O–H groups in total. The maximum Gasteiger partial charge on any atom is 0.191 e. The Labute approximate surface area is 158 Å². The van der Waals surface area contributed by atoms with E-state index in [4.69, 9.17) is 0 Å². The van der Waals surface area contributed by atoms with Gasteiger partial charge in [-0.2, -0.15) is 0 Å². The first-order valence-corrected chi connectivity index (χ1v) is 9.32. The first kappa shape index (κ1) is 18.8. The van der Waals surface area contributed by atoms with E-state index in [2.05, 4.69) is 25.8 Å². The molecule has 0 radical (unpaired) electrons. The molecule has 6 nitrogen and oxygen atoms in total. The van der Waals surface area contributed by atoms with Gasteiger partial charge in [0.25, 0.3) is 0 Å². The van der Waals surface area contributed by atoms with Gasteiger partial charge in [0.2, 0.25) is 0 Å². The molecule has 142 valence electrons. The number of halogens is 1. The SMILES string of the molecule is CCNC(=NCCCc1nnc2ccccn12)NCCc1ccccc1F. The molecule has 0 aliphatic heterocycles. The van der Waals surface area contributed by atoms with Gasteiger partial charge in [-0.1, -0.05) is 24.3 Å². The standard InChI is InChI=1S/C20H25FN6/c1-2-22-20(24-14-12-16-8-3-4-9-17(16)21)23-13-7-11-19-26-25-18-10-5-6-15-27(18)19/h3-6,8-10,15H,2,7,11-14H2,1H3,(H2,22,23,24). The molecule has 0 fully saturated rings. The van der Waals surface area contributed by atoms with E-state index in [1.54, 1.807) is 6.07 Å². The van der Waals surface area contributed by atoms with E-state index >= 15 is 0 Å². The van der Waals surface area contributed by atoms with Gasteiger partial charge in [-0.15, -0.1) is 10.2 Å². The van der Waals surface area contributed by atoms with Gasteiger partial charge in [-0.3, -0.25) is 9.39 Å². The smallest absolute Gasteiger partial charge is 0.191 e. The van der Waals surface area contributed by atoms with Crippen LogP contribution >= 0.6 is 0 Å². The molecule has 0 aliphatic carbocycles. The normalized spacial score (nSPS) is 11.7. The molecular formula is C20H25FN6. The highest BCUT2D eigenvalue weighted by molar-refractivity contribution is 5.79. The number of nitrogens with zero attached hydrogens (tertiary/aromatic N) is 4. The van der Waals surface area contributed by atoms with E-state index in [1.807, 2.05) is 47.9 Å². The molecule has 2 heterocycles. The summed E-state index contributed by atoms with van der Waals surface area (Å²) in [4.78, 5) is 4.59. The van der Waals surface area contributed by atoms with Crippen molar-refractivity contribution >= 4 is 11.6 Å². The molecule has 7 heteroatoms. The number of guanidine groups is 1. The number of aromatic nitrogens is 3. The monoisotopic (exact) mass is 368 g/mol. The summed E-state index contributed by atoms with van der Waals surface area (Å²) in [5.41, 5.74) is 1.57. The van der Waals surface area contributed by atoms with E-state index in [9.17, 15) is 4.39 Å². The van der Waals surface area contributed by atoms with Crippen LogP contribution in [0.3, 0.4) is 0 Å². The number of fused-ring (bicyclic) bond motifs is 1. The van der Waals surface area contributed by atoms with Gasteiger partial charge in [0, 0.05) is 32.3 Å². The van der Waals surface area contributed by atoms with Gasteiger partial charge >= 0.3 is 0 Å². The Hall–Kier alpha value is -2.96. The minimum Gasteiger partial charge on any atom is -0.357 e. The third kappa shape index (κ3) is 5.26. The minimum atomic E-state index is -0.165. The molecule has 0 atom stereocenters. The number of pyridine rings is 1. The van der Waals surface area contributed by atoms with Crippen LogP contribution in [-0.4, -0.2) is 40.2 Å². The zero-order valence-corrected chi connectivity index (χ0v) is 15.5. The molecule has 2 aromatic heterocycles. The average molecular weight is 368 g/mol. The summed E-state index contributed by atoms with van der Waals surface area (Å²) in [6.07, 6.45) is 4.27. The average Bonchev–Trinajstić information content (AvgIpc) is 3.10. The maximum atomic E-state index is 13.7. The maximum absolute atomic E-state index is 13.7. The van der Waals surface area contributed by atoms with Crippen molar-refractivity contribution in [2.45, 2.75) is 26.2 Å². The second kappa shape index (κ2) is 9.66. The fourth-order valence-electron chi connectivity index (χ4n) is 2.85. The second-order valence-corrected chi connectivity index (χ2v) is 6.18. The van der Waals surface area contributed by atoms with Gasteiger partial charge in [0.1, 0.15) is 11.6 Å². The molecule has 0 spiro atoms. The van der Waals surface area contributed by atoms with Crippen molar-refractivity contribution in [3.63, 3.8) is 0 Å². The van der Waals surface area contributed by atoms with Crippen LogP contribution in [-0.2, 0) is 12.8 Å². The highest BCUT2D eigenvalue weighted by Gasteiger charge is 2.04. The second-order valence-electron chi connectivity index (χ2n) is 6.18. The number of hydrogen-bond donors (Lipinski definition) is 2. The Morgan fingerprint density at radius 2 is 1.93 bits per heavy atom. The summed E-state index contributed by atoms with van der Waals surface area (Å²) in [5, 5.41) is 14.9. The zero-order valence-electron chi connectivity index (χ0n) is 15.5. The van der Waals surface area contributed by atoms with Crippen LogP contribution in [0.1, 0.15) is 24.7 Å². The van der Waals surface area contributed by atoms with Gasteiger partial charge in [-0.05, 0) is 43.5 Å². The largest absolute Gasteiger partial charge is 0.357 e. The van der Waals surface area contributed by atoms with Crippen LogP contribution in [0.5, 0.6) is 0 Å². The highest BCUT2D eigenvalue weighted by atomic mass is 19.1. The number of benzene rings is 1. The van der Waals surface area contributed by atoms with Gasteiger partial charge in [0.05, 0.1) is 0 Å². The van der Waals surface area contributed by atoms with Crippen LogP contribution in [0.25, 0.3) is 5.65 Å². The number of aryl methyl sites for hydroxylation is 1. The minimum absolute atomic E-state index is 0.165. The van der Waals surface area contributed by atoms with Crippen molar-refractivity contribution in [2.24, 2.45) is 4.99 Å². The summed E-state index contributed by atoms with van der Waals surface area (Å²) in [5.74, 6) is 1.53. The Bertz CT molecular complexity index is 889. The molecule has 0 aliphatic rings. The fourth-order valence-corrected chi connectivity index (χ4v) is 2.85. The van der Waals surface area contributed by atoms with Crippen molar-refractivity contribution < 1.29 is 4.39 Å². The number of aliphatic imine (C=N–C) groups is 1. The van der Waals surface area contributed by atoms with Crippen molar-refractivity contribution in [3.8, 4) is 0 Å². The molecular weight excluding hydrogens is 343 g/mol. The van der Waals surface area contributed by atoms with Crippen LogP contribution in [0.15, 0.2) is 53.7 Å². The first-order valence-electron chi connectivity index (χ1n) is 9.32. The van der Waals surface area contributed by atoms with E-state index in [-0.39, 0.29) is 5.82 Å². The van der Waals surface area contributed by atoms with Crippen LogP contribution in [0, 0.1) is 5.82 Å². The van der Waals surface area contributed by atoms with Crippen LogP contribution < -0.4 is 10.6 Å². The predicted octanol–water partition coefficient (Wildman–Crippen LogP) is 2.60. The summed E-state index contributed by atoms with van der Waals surface area (Å²) < 4.78 is 15.7. The molecule has 0 amide bonds. The Morgan fingerprint density at radius 1 is 1.07 bits per heavy atom. The van der Waals surface area contributed by atoms with Crippen molar-refractivity contribution in [2.75, 3.05) is 19.6 Å². The molecule has 3 rings (SSSR count). The summed E-state index contributed by atoms with van der Waals surface area (Å²) in [6, 6.07) is 12.7. The third-order valence-corrected chi connectivity index (χ3v) is 4.20. The van der Waals surface area contributed by atoms with Crippen molar-refractivity contribution in [3.05, 3.63) is 65.9 Å². The molecule has 0 saturated carbocycles. The quantitative estimate of drug-likeness (QED) is 0.364. The molecule has 27 heavy (non-hydrogen) atoms. The van der Waals surface area contributed by atoms with Gasteiger partial charge in [0.15, 0.2) is 11.6 Å². The number of nitrogens with one attached hydrogen (secondary N) is 2. The van der Waals surface area contributed by atoms with Gasteiger partial charge < -0.3 is 10.6 Å². The van der Waals surface area contributed by atoms with Crippen LogP contribution in [0.2, 0.25) is 0 Å². The summed E-state index contributed by atoms with van der Waals surface area (Å²) in [6.45, 7) is 4.11. The van der Waals surface area contributed by atoms with Crippen LogP contribution in [0.4, 0.5) is 4.39 Å². The summed E-state index contributed by atoms with van der Waals surface area (Å²) >= 11 is 0. The van der Waals surface area contributed by atoms with E-state index < -0.39 is 0 Å². The topological polar surface area (TPSA) is 66.6 Å². The number of hydrogen-bond acceptors (Lipinski definition) is 3. The molecule has 3 aromatic rings. The third-order valence-electron chi connectivity index (χ3n) is 4.20. The van der Waals surface area contributed by atoms with E-state index in [1.165, 1.54) is 6.07 Å². The molecule has 0 saturated heterocycles. The van der Waals surface area contributed by atoms with E-state index in [0.29, 0.717) is 25.1 Å². The molecule has 0 bridgehead atoms. The van der Waals surface area contributed by atoms with Crippen molar-refractivity contribution in [1.29, 1.82) is 0 Å². The number of rotatable bonds is 8. The zero-order chi connectivity index (χ0) is 18.9. The fraction of sp³-hybridized carbons (Fsp3) is 0.350. The van der Waals surface area contributed by atoms with E-state index in [0.717, 1.165) is 36.8 Å². The Morgan fingerprint density at radius 3 is 2.78 bits per heavy atom. The highest BCUT2D eigenvalue weighted by Crippen LogP contribution is 2.06. The molecule has 1 aromatic carbocycles. The Balaban J connectivity index is 1.47. The Kier molecular flexibility index (Phi) is 6.73. The van der Waals surface area contributed by atoms with Gasteiger partial charge in [-0.25, -0.2) is 4.39 Å². The summed E-state index contributed by atoms with van der Waals surface area (Å²) in [7, 11) is 0. The van der Waals surface area contributed by atoms with Crippen molar-refractivity contribution in [1.82, 2.24) is 25.2 Å². The first-order chi connectivity index (χ1) is 13.3. The lowest BCUT2D eigenvalue weighted by Crippen LogP contribution is -2.38. The predicted molar refractivity (Wildman–Crippen MR) is 105 cm³/mol. The molecule has 0 unspecified atom stereocenters. The lowest BCUT2D eigenvalue weighted by Gasteiger charge is -2.11. The lowest BCUT2D eigenvalue weighted by atomic mass is 10.1. The lowest BCUT2D eigenvalue weighted by molar-refractivity contribution is 0.606.